The van der Waals surface area contributed by atoms with Gasteiger partial charge in [0, 0.05) is 22.5 Å². The molecule has 1 aromatic heterocycles. The number of carbonyl (C=O) groups is 1. The van der Waals surface area contributed by atoms with Crippen LogP contribution in [0.1, 0.15) is 56.1 Å². The highest BCUT2D eigenvalue weighted by Gasteiger charge is 2.22. The number of nitrogens with zero attached hydrogens (tertiary/aromatic N) is 2. The van der Waals surface area contributed by atoms with Gasteiger partial charge in [-0.2, -0.15) is 5.10 Å². The molecule has 170 valence electrons. The molecular weight excluding hydrogens is 427 g/mol. The summed E-state index contributed by atoms with van der Waals surface area (Å²) in [5.74, 6) is -0.981. The molecule has 0 saturated heterocycles. The van der Waals surface area contributed by atoms with Crippen molar-refractivity contribution in [3.8, 4) is 5.69 Å². The van der Waals surface area contributed by atoms with Crippen LogP contribution >= 0.6 is 11.6 Å². The molecule has 0 spiro atoms. The van der Waals surface area contributed by atoms with E-state index in [1.54, 1.807) is 26.1 Å². The molecule has 5 nitrogen and oxygen atoms in total. The number of hydrogen-bond acceptors (Lipinski definition) is 3. The minimum absolute atomic E-state index is 0.150. The molecule has 0 radical (unpaired) electrons. The third-order valence-electron chi connectivity index (χ3n) is 5.39. The van der Waals surface area contributed by atoms with Crippen molar-refractivity contribution in [1.82, 2.24) is 20.4 Å². The molecule has 1 atom stereocenters. The molecule has 32 heavy (non-hydrogen) atoms. The summed E-state index contributed by atoms with van der Waals surface area (Å²) in [5.41, 5.74) is 3.64. The fraction of sp³-hybridized carbons (Fsp3) is 0.360. The molecular formula is C25H30ClFN4O. The lowest BCUT2D eigenvalue weighted by Gasteiger charge is -2.14. The van der Waals surface area contributed by atoms with Crippen molar-refractivity contribution >= 4 is 17.5 Å². The van der Waals surface area contributed by atoms with Gasteiger partial charge in [0.05, 0.1) is 29.5 Å². The topological polar surface area (TPSA) is 59.0 Å². The number of amides is 1. The molecule has 1 unspecified atom stereocenters. The van der Waals surface area contributed by atoms with Gasteiger partial charge in [0.25, 0.3) is 0 Å². The summed E-state index contributed by atoms with van der Waals surface area (Å²) >= 11 is 6.18. The lowest BCUT2D eigenvalue weighted by molar-refractivity contribution is -0.122. The molecule has 0 bridgehead atoms. The number of aromatic nitrogens is 2. The number of carbonyl (C=O) groups excluding carboxylic acids is 1. The van der Waals surface area contributed by atoms with E-state index in [1.807, 2.05) is 35.0 Å². The molecule has 0 fully saturated rings. The van der Waals surface area contributed by atoms with Gasteiger partial charge in [-0.15, -0.1) is 0 Å². The fourth-order valence-corrected chi connectivity index (χ4v) is 3.58. The van der Waals surface area contributed by atoms with Crippen molar-refractivity contribution in [2.75, 3.05) is 7.05 Å². The molecule has 3 rings (SSSR count). The summed E-state index contributed by atoms with van der Waals surface area (Å²) in [6.07, 6.45) is 0. The Morgan fingerprint density at radius 3 is 2.53 bits per heavy atom. The minimum atomic E-state index is -0.488. The second-order valence-corrected chi connectivity index (χ2v) is 9.42. The number of benzene rings is 2. The summed E-state index contributed by atoms with van der Waals surface area (Å²) in [4.78, 5) is 12.8. The lowest BCUT2D eigenvalue weighted by atomic mass is 9.92. The van der Waals surface area contributed by atoms with Crippen LogP contribution in [0.25, 0.3) is 5.69 Å². The Kier molecular flexibility index (Phi) is 7.36. The van der Waals surface area contributed by atoms with Crippen LogP contribution in [-0.4, -0.2) is 22.7 Å². The lowest BCUT2D eigenvalue weighted by Crippen LogP contribution is -2.28. The van der Waals surface area contributed by atoms with Crippen molar-refractivity contribution in [3.05, 3.63) is 81.9 Å². The van der Waals surface area contributed by atoms with Crippen molar-refractivity contribution in [2.24, 2.45) is 0 Å². The highest BCUT2D eigenvalue weighted by Crippen LogP contribution is 2.25. The van der Waals surface area contributed by atoms with E-state index < -0.39 is 5.92 Å². The fourth-order valence-electron chi connectivity index (χ4n) is 3.39. The van der Waals surface area contributed by atoms with Crippen molar-refractivity contribution in [3.63, 3.8) is 0 Å². The smallest absolute Gasteiger partial charge is 0.227 e. The third-order valence-corrected chi connectivity index (χ3v) is 5.62. The summed E-state index contributed by atoms with van der Waals surface area (Å²) in [7, 11) is 1.77. The summed E-state index contributed by atoms with van der Waals surface area (Å²) in [5, 5.41) is 11.3. The number of halogens is 2. The van der Waals surface area contributed by atoms with E-state index in [2.05, 4.69) is 31.4 Å². The Morgan fingerprint density at radius 1 is 1.16 bits per heavy atom. The van der Waals surface area contributed by atoms with Gasteiger partial charge in [0.1, 0.15) is 5.82 Å². The molecule has 2 aromatic carbocycles. The van der Waals surface area contributed by atoms with Gasteiger partial charge in [0.2, 0.25) is 5.91 Å². The van der Waals surface area contributed by atoms with E-state index in [0.717, 1.165) is 17.1 Å². The first-order valence-corrected chi connectivity index (χ1v) is 11.0. The van der Waals surface area contributed by atoms with Gasteiger partial charge in [-0.25, -0.2) is 9.07 Å². The molecule has 3 aromatic rings. The monoisotopic (exact) mass is 456 g/mol. The summed E-state index contributed by atoms with van der Waals surface area (Å²) in [6, 6.07) is 14.4. The van der Waals surface area contributed by atoms with E-state index in [1.165, 1.54) is 6.07 Å². The van der Waals surface area contributed by atoms with Crippen molar-refractivity contribution in [2.45, 2.75) is 52.1 Å². The van der Waals surface area contributed by atoms with E-state index in [4.69, 9.17) is 16.7 Å². The maximum atomic E-state index is 14.3. The average Bonchev–Trinajstić information content (AvgIpc) is 3.18. The normalized spacial score (nSPS) is 12.6. The third kappa shape index (κ3) is 5.56. The van der Waals surface area contributed by atoms with Crippen LogP contribution in [0.4, 0.5) is 4.39 Å². The van der Waals surface area contributed by atoms with Gasteiger partial charge in [-0.1, -0.05) is 50.6 Å². The average molecular weight is 457 g/mol. The zero-order valence-corrected chi connectivity index (χ0v) is 19.9. The highest BCUT2D eigenvalue weighted by atomic mass is 35.5. The van der Waals surface area contributed by atoms with E-state index in [0.29, 0.717) is 29.2 Å². The Morgan fingerprint density at radius 2 is 1.91 bits per heavy atom. The number of hydrogen-bond donors (Lipinski definition) is 2. The molecule has 7 heteroatoms. The van der Waals surface area contributed by atoms with Gasteiger partial charge >= 0.3 is 0 Å². The molecule has 1 amide bonds. The van der Waals surface area contributed by atoms with Gasteiger partial charge in [0.15, 0.2) is 0 Å². The predicted octanol–water partition coefficient (Wildman–Crippen LogP) is 5.10. The SMILES string of the molecule is CNCc1ccc(C(C)C(=O)NCc2cc(C(C)(C)C)nn2-c2cccc(Cl)c2)cc1F. The molecule has 2 N–H and O–H groups in total. The van der Waals surface area contributed by atoms with Crippen LogP contribution in [0.5, 0.6) is 0 Å². The van der Waals surface area contributed by atoms with Crippen LogP contribution in [0.2, 0.25) is 5.02 Å². The Labute approximate surface area is 194 Å². The van der Waals surface area contributed by atoms with Gasteiger partial charge in [-0.3, -0.25) is 4.79 Å². The highest BCUT2D eigenvalue weighted by molar-refractivity contribution is 6.30. The first-order chi connectivity index (χ1) is 15.1. The van der Waals surface area contributed by atoms with Crippen LogP contribution in [-0.2, 0) is 23.3 Å². The zero-order chi connectivity index (χ0) is 23.5. The molecule has 0 aliphatic rings. The van der Waals surface area contributed by atoms with Crippen LogP contribution < -0.4 is 10.6 Å². The predicted molar refractivity (Wildman–Crippen MR) is 127 cm³/mol. The Balaban J connectivity index is 1.80. The quantitative estimate of drug-likeness (QED) is 0.520. The molecule has 0 saturated carbocycles. The Hall–Kier alpha value is -2.70. The van der Waals surface area contributed by atoms with E-state index in [9.17, 15) is 9.18 Å². The first-order valence-electron chi connectivity index (χ1n) is 10.7. The summed E-state index contributed by atoms with van der Waals surface area (Å²) in [6.45, 7) is 8.78. The molecule has 0 aliphatic heterocycles. The molecule has 0 aliphatic carbocycles. The maximum absolute atomic E-state index is 14.3. The van der Waals surface area contributed by atoms with Crippen LogP contribution in [0.15, 0.2) is 48.5 Å². The Bertz CT molecular complexity index is 1100. The second kappa shape index (κ2) is 9.84. The van der Waals surface area contributed by atoms with Crippen LogP contribution in [0.3, 0.4) is 0 Å². The van der Waals surface area contributed by atoms with Gasteiger partial charge < -0.3 is 10.6 Å². The maximum Gasteiger partial charge on any atom is 0.227 e. The van der Waals surface area contributed by atoms with Crippen molar-refractivity contribution in [1.29, 1.82) is 0 Å². The zero-order valence-electron chi connectivity index (χ0n) is 19.2. The number of rotatable bonds is 7. The number of nitrogens with one attached hydrogen (secondary N) is 2. The van der Waals surface area contributed by atoms with Crippen LogP contribution in [0, 0.1) is 5.82 Å². The van der Waals surface area contributed by atoms with Gasteiger partial charge in [-0.05, 0) is 49.9 Å². The van der Waals surface area contributed by atoms with E-state index >= 15 is 0 Å². The second-order valence-electron chi connectivity index (χ2n) is 8.98. The minimum Gasteiger partial charge on any atom is -0.350 e. The van der Waals surface area contributed by atoms with Crippen molar-refractivity contribution < 1.29 is 9.18 Å². The largest absolute Gasteiger partial charge is 0.350 e. The first kappa shape index (κ1) is 24.0. The summed E-state index contributed by atoms with van der Waals surface area (Å²) < 4.78 is 16.1. The van der Waals surface area contributed by atoms with E-state index in [-0.39, 0.29) is 17.1 Å². The standard InChI is InChI=1S/C25H30ClFN4O/c1-16(17-9-10-18(14-28-5)22(27)11-17)24(32)29-15-21-13-23(25(2,3)4)30-31(21)20-8-6-7-19(26)12-20/h6-13,16,28H,14-15H2,1-5H3,(H,29,32). The molecule has 1 heterocycles.